The first-order chi connectivity index (χ1) is 8.69. The summed E-state index contributed by atoms with van der Waals surface area (Å²) in [4.78, 5) is 0. The molecule has 0 heterocycles. The first-order valence-corrected chi connectivity index (χ1v) is 6.44. The summed E-state index contributed by atoms with van der Waals surface area (Å²) < 4.78 is 35.6. The summed E-state index contributed by atoms with van der Waals surface area (Å²) in [7, 11) is 0. The van der Waals surface area contributed by atoms with Crippen LogP contribution < -0.4 is 11.1 Å². The van der Waals surface area contributed by atoms with Crippen molar-refractivity contribution in [3.8, 4) is 0 Å². The summed E-state index contributed by atoms with van der Waals surface area (Å²) in [6.07, 6.45) is -2.52. The standard InChI is InChI=1S/C12H24F3N3O/c1-11(2,10(16)18-19)6-5-9-17-8-4-3-7-12(13,14)15/h17,19H,3-9H2,1-2H3,(H2,16,18). The minimum Gasteiger partial charge on any atom is -0.409 e. The molecule has 0 atom stereocenters. The third-order valence-electron chi connectivity index (χ3n) is 3.02. The molecule has 7 heteroatoms. The minimum atomic E-state index is -4.05. The number of alkyl halides is 3. The second kappa shape index (κ2) is 8.24. The van der Waals surface area contributed by atoms with Crippen molar-refractivity contribution < 1.29 is 18.4 Å². The number of hydrogen-bond acceptors (Lipinski definition) is 3. The van der Waals surface area contributed by atoms with Crippen molar-refractivity contribution >= 4 is 5.84 Å². The highest BCUT2D eigenvalue weighted by Crippen LogP contribution is 2.22. The predicted octanol–water partition coefficient (Wildman–Crippen LogP) is 2.86. The lowest BCUT2D eigenvalue weighted by molar-refractivity contribution is -0.135. The van der Waals surface area contributed by atoms with Crippen molar-refractivity contribution in [3.63, 3.8) is 0 Å². The van der Waals surface area contributed by atoms with Gasteiger partial charge in [-0.05, 0) is 38.8 Å². The van der Waals surface area contributed by atoms with Gasteiger partial charge in [-0.25, -0.2) is 0 Å². The van der Waals surface area contributed by atoms with E-state index in [-0.39, 0.29) is 17.7 Å². The monoisotopic (exact) mass is 283 g/mol. The molecule has 0 aliphatic carbocycles. The number of halogens is 3. The van der Waals surface area contributed by atoms with Crippen LogP contribution in [0.1, 0.15) is 46.0 Å². The second-order valence-electron chi connectivity index (χ2n) is 5.29. The van der Waals surface area contributed by atoms with Gasteiger partial charge in [0.2, 0.25) is 0 Å². The Kier molecular flexibility index (Phi) is 7.82. The molecular weight excluding hydrogens is 259 g/mol. The van der Waals surface area contributed by atoms with Crippen molar-refractivity contribution in [1.82, 2.24) is 5.32 Å². The number of nitrogens with two attached hydrogens (primary N) is 1. The Balaban J connectivity index is 3.51. The summed E-state index contributed by atoms with van der Waals surface area (Å²) in [5, 5.41) is 14.7. The van der Waals surface area contributed by atoms with Crippen molar-refractivity contribution in [2.45, 2.75) is 52.1 Å². The van der Waals surface area contributed by atoms with Crippen LogP contribution in [0, 0.1) is 5.41 Å². The summed E-state index contributed by atoms with van der Waals surface area (Å²) in [5.74, 6) is 0.192. The van der Waals surface area contributed by atoms with Gasteiger partial charge in [0.25, 0.3) is 0 Å². The number of unbranched alkanes of at least 4 members (excludes halogenated alkanes) is 1. The molecule has 0 saturated carbocycles. The highest BCUT2D eigenvalue weighted by atomic mass is 19.4. The third kappa shape index (κ3) is 9.58. The molecule has 4 nitrogen and oxygen atoms in total. The van der Waals surface area contributed by atoms with Gasteiger partial charge in [-0.2, -0.15) is 13.2 Å². The van der Waals surface area contributed by atoms with Gasteiger partial charge in [0.15, 0.2) is 0 Å². The zero-order chi connectivity index (χ0) is 14.9. The highest BCUT2D eigenvalue weighted by molar-refractivity contribution is 5.85. The summed E-state index contributed by atoms with van der Waals surface area (Å²) >= 11 is 0. The van der Waals surface area contributed by atoms with Gasteiger partial charge in [-0.1, -0.05) is 19.0 Å². The van der Waals surface area contributed by atoms with Crippen LogP contribution in [0.2, 0.25) is 0 Å². The molecule has 0 radical (unpaired) electrons. The van der Waals surface area contributed by atoms with Crippen molar-refractivity contribution in [1.29, 1.82) is 0 Å². The molecule has 0 aliphatic heterocycles. The summed E-state index contributed by atoms with van der Waals surface area (Å²) in [6.45, 7) is 5.06. The Labute approximate surface area is 112 Å². The number of oxime groups is 1. The second-order valence-corrected chi connectivity index (χ2v) is 5.29. The Morgan fingerprint density at radius 1 is 1.11 bits per heavy atom. The van der Waals surface area contributed by atoms with Crippen molar-refractivity contribution in [3.05, 3.63) is 0 Å². The SMILES string of the molecule is CC(C)(CCCNCCCCC(F)(F)F)C(N)=NO. The first-order valence-electron chi connectivity index (χ1n) is 6.44. The number of hydrogen-bond donors (Lipinski definition) is 3. The van der Waals surface area contributed by atoms with Crippen LogP contribution in [-0.2, 0) is 0 Å². The molecule has 0 aliphatic rings. The maximum absolute atomic E-state index is 11.9. The van der Waals surface area contributed by atoms with Gasteiger partial charge in [-0.3, -0.25) is 0 Å². The zero-order valence-electron chi connectivity index (χ0n) is 11.6. The Morgan fingerprint density at radius 3 is 2.21 bits per heavy atom. The normalized spacial score (nSPS) is 13.8. The molecule has 0 aromatic rings. The Morgan fingerprint density at radius 2 is 1.68 bits per heavy atom. The van der Waals surface area contributed by atoms with E-state index in [9.17, 15) is 13.2 Å². The fourth-order valence-electron chi connectivity index (χ4n) is 1.62. The number of nitrogens with zero attached hydrogens (tertiary/aromatic N) is 1. The number of rotatable bonds is 9. The van der Waals surface area contributed by atoms with E-state index in [0.29, 0.717) is 19.5 Å². The van der Waals surface area contributed by atoms with Crippen LogP contribution in [-0.4, -0.2) is 30.3 Å². The molecule has 0 rings (SSSR count). The molecule has 0 aromatic carbocycles. The molecule has 114 valence electrons. The first kappa shape index (κ1) is 18.0. The number of amidine groups is 1. The van der Waals surface area contributed by atoms with Crippen molar-refractivity contribution in [2.24, 2.45) is 16.3 Å². The molecule has 0 bridgehead atoms. The van der Waals surface area contributed by atoms with Crippen LogP contribution >= 0.6 is 0 Å². The van der Waals surface area contributed by atoms with Crippen LogP contribution in [0.15, 0.2) is 5.16 Å². The van der Waals surface area contributed by atoms with E-state index in [1.807, 2.05) is 13.8 Å². The largest absolute Gasteiger partial charge is 0.409 e. The lowest BCUT2D eigenvalue weighted by Gasteiger charge is -2.22. The smallest absolute Gasteiger partial charge is 0.389 e. The Bertz CT molecular complexity index is 278. The topological polar surface area (TPSA) is 70.6 Å². The van der Waals surface area contributed by atoms with Gasteiger partial charge in [0.05, 0.1) is 0 Å². The molecule has 0 spiro atoms. The predicted molar refractivity (Wildman–Crippen MR) is 69.2 cm³/mol. The van der Waals surface area contributed by atoms with Gasteiger partial charge < -0.3 is 16.3 Å². The van der Waals surface area contributed by atoms with E-state index in [1.54, 1.807) is 0 Å². The van der Waals surface area contributed by atoms with E-state index >= 15 is 0 Å². The molecule has 0 aromatic heterocycles. The quantitative estimate of drug-likeness (QED) is 0.200. The molecule has 4 N–H and O–H groups in total. The van der Waals surface area contributed by atoms with Gasteiger partial charge in [0, 0.05) is 11.8 Å². The highest BCUT2D eigenvalue weighted by Gasteiger charge is 2.25. The fraction of sp³-hybridized carbons (Fsp3) is 0.917. The summed E-state index contributed by atoms with van der Waals surface area (Å²) in [5.41, 5.74) is 5.18. The average molecular weight is 283 g/mol. The molecule has 0 unspecified atom stereocenters. The van der Waals surface area contributed by atoms with Crippen LogP contribution in [0.3, 0.4) is 0 Å². The zero-order valence-corrected chi connectivity index (χ0v) is 11.6. The van der Waals surface area contributed by atoms with E-state index in [4.69, 9.17) is 10.9 Å². The Hall–Kier alpha value is -0.980. The van der Waals surface area contributed by atoms with Gasteiger partial charge in [-0.15, -0.1) is 0 Å². The minimum absolute atomic E-state index is 0.159. The fourth-order valence-corrected chi connectivity index (χ4v) is 1.62. The lowest BCUT2D eigenvalue weighted by atomic mass is 9.86. The van der Waals surface area contributed by atoms with Crippen LogP contribution in [0.4, 0.5) is 13.2 Å². The summed E-state index contributed by atoms with van der Waals surface area (Å²) in [6, 6.07) is 0. The van der Waals surface area contributed by atoms with E-state index in [0.717, 1.165) is 12.8 Å². The van der Waals surface area contributed by atoms with Gasteiger partial charge in [0.1, 0.15) is 5.84 Å². The van der Waals surface area contributed by atoms with E-state index in [1.165, 1.54) is 0 Å². The lowest BCUT2D eigenvalue weighted by Crippen LogP contribution is -2.32. The molecule has 0 fully saturated rings. The molecular formula is C12H24F3N3O. The van der Waals surface area contributed by atoms with E-state index < -0.39 is 12.6 Å². The van der Waals surface area contributed by atoms with Crippen LogP contribution in [0.25, 0.3) is 0 Å². The average Bonchev–Trinajstić information content (AvgIpc) is 2.30. The third-order valence-corrected chi connectivity index (χ3v) is 3.02. The maximum atomic E-state index is 11.9. The van der Waals surface area contributed by atoms with Gasteiger partial charge >= 0.3 is 6.18 Å². The van der Waals surface area contributed by atoms with Crippen molar-refractivity contribution in [2.75, 3.05) is 13.1 Å². The molecule has 0 amide bonds. The van der Waals surface area contributed by atoms with Crippen LogP contribution in [0.5, 0.6) is 0 Å². The number of nitrogens with one attached hydrogen (secondary N) is 1. The molecule has 19 heavy (non-hydrogen) atoms. The van der Waals surface area contributed by atoms with E-state index in [2.05, 4.69) is 10.5 Å². The molecule has 0 saturated heterocycles. The maximum Gasteiger partial charge on any atom is 0.389 e.